The fourth-order valence-electron chi connectivity index (χ4n) is 2.07. The van der Waals surface area contributed by atoms with E-state index in [1.54, 1.807) is 11.8 Å². The first kappa shape index (κ1) is 15.0. The van der Waals surface area contributed by atoms with Crippen LogP contribution in [0, 0.1) is 0 Å². The highest BCUT2D eigenvalue weighted by molar-refractivity contribution is 7.98. The number of pyridine rings is 1. The molecule has 0 saturated carbocycles. The smallest absolute Gasteiger partial charge is 0.318 e. The molecule has 0 aliphatic heterocycles. The topological polar surface area (TPSA) is 39.2 Å². The van der Waals surface area contributed by atoms with Gasteiger partial charge in [0.1, 0.15) is 5.41 Å². The van der Waals surface area contributed by atoms with E-state index in [1.807, 2.05) is 45.2 Å². The summed E-state index contributed by atoms with van der Waals surface area (Å²) in [6.45, 7) is 6.25. The zero-order valence-electron chi connectivity index (χ0n) is 11.5. The molecule has 0 fully saturated rings. The summed E-state index contributed by atoms with van der Waals surface area (Å²) in [6.07, 6.45) is 3.39. The van der Waals surface area contributed by atoms with Gasteiger partial charge in [-0.05, 0) is 38.2 Å². The van der Waals surface area contributed by atoms with Crippen molar-refractivity contribution in [1.29, 1.82) is 0 Å². The lowest BCUT2D eigenvalue weighted by molar-refractivity contribution is -0.150. The lowest BCUT2D eigenvalue weighted by Crippen LogP contribution is -2.37. The van der Waals surface area contributed by atoms with Crippen molar-refractivity contribution in [3.8, 4) is 0 Å². The third-order valence-corrected chi connectivity index (χ3v) is 3.94. The van der Waals surface area contributed by atoms with Crippen molar-refractivity contribution in [3.05, 3.63) is 23.9 Å². The molecule has 100 valence electrons. The molecule has 1 aromatic heterocycles. The van der Waals surface area contributed by atoms with E-state index < -0.39 is 5.41 Å². The van der Waals surface area contributed by atoms with E-state index in [-0.39, 0.29) is 5.97 Å². The van der Waals surface area contributed by atoms with Crippen LogP contribution >= 0.6 is 11.8 Å². The molecule has 0 aliphatic carbocycles. The Balaban J connectivity index is 3.21. The van der Waals surface area contributed by atoms with Gasteiger partial charge in [0.2, 0.25) is 0 Å². The van der Waals surface area contributed by atoms with E-state index >= 15 is 0 Å². The highest BCUT2D eigenvalue weighted by Crippen LogP contribution is 2.32. The summed E-state index contributed by atoms with van der Waals surface area (Å²) in [6, 6.07) is 5.83. The number of rotatable bonds is 6. The van der Waals surface area contributed by atoms with Gasteiger partial charge in [0.25, 0.3) is 0 Å². The average Bonchev–Trinajstić information content (AvgIpc) is 2.41. The maximum Gasteiger partial charge on any atom is 0.318 e. The third-order valence-electron chi connectivity index (χ3n) is 3.30. The van der Waals surface area contributed by atoms with Gasteiger partial charge in [0.15, 0.2) is 0 Å². The maximum atomic E-state index is 12.3. The van der Waals surface area contributed by atoms with Crippen LogP contribution in [-0.2, 0) is 14.9 Å². The number of hydrogen-bond acceptors (Lipinski definition) is 4. The van der Waals surface area contributed by atoms with Crippen LogP contribution in [0.1, 0.15) is 39.3 Å². The minimum Gasteiger partial charge on any atom is -0.465 e. The minimum atomic E-state index is -0.609. The van der Waals surface area contributed by atoms with Crippen LogP contribution in [0.25, 0.3) is 0 Å². The third kappa shape index (κ3) is 2.86. The molecule has 0 spiro atoms. The van der Waals surface area contributed by atoms with Gasteiger partial charge in [0, 0.05) is 0 Å². The summed E-state index contributed by atoms with van der Waals surface area (Å²) < 4.78 is 5.23. The molecular weight excluding hydrogens is 246 g/mol. The Morgan fingerprint density at radius 3 is 2.50 bits per heavy atom. The highest BCUT2D eigenvalue weighted by atomic mass is 32.2. The molecule has 0 aromatic carbocycles. The number of nitrogens with zero attached hydrogens (tertiary/aromatic N) is 1. The standard InChI is InChI=1S/C14H21NO2S/c1-5-14(6-2,13(16)17-7-3)11-9-8-10-12(15-11)18-4/h8-10H,5-7H2,1-4H3. The molecule has 0 saturated heterocycles. The quantitative estimate of drug-likeness (QED) is 0.585. The predicted molar refractivity (Wildman–Crippen MR) is 74.9 cm³/mol. The van der Waals surface area contributed by atoms with Gasteiger partial charge in [-0.2, -0.15) is 0 Å². The largest absolute Gasteiger partial charge is 0.465 e. The molecular formula is C14H21NO2S. The number of ether oxygens (including phenoxy) is 1. The van der Waals surface area contributed by atoms with Crippen molar-refractivity contribution >= 4 is 17.7 Å². The average molecular weight is 267 g/mol. The predicted octanol–water partition coefficient (Wildman–Crippen LogP) is 3.42. The first-order chi connectivity index (χ1) is 8.64. The summed E-state index contributed by atoms with van der Waals surface area (Å²) in [5.74, 6) is -0.166. The Kier molecular flexibility index (Phi) is 5.66. The molecule has 1 rings (SSSR count). The zero-order valence-corrected chi connectivity index (χ0v) is 12.3. The lowest BCUT2D eigenvalue weighted by Gasteiger charge is -2.28. The van der Waals surface area contributed by atoms with Crippen molar-refractivity contribution in [3.63, 3.8) is 0 Å². The number of carbonyl (C=O) groups is 1. The molecule has 0 bridgehead atoms. The number of aromatic nitrogens is 1. The highest BCUT2D eigenvalue weighted by Gasteiger charge is 2.39. The first-order valence-corrected chi connectivity index (χ1v) is 7.55. The van der Waals surface area contributed by atoms with Gasteiger partial charge in [-0.25, -0.2) is 4.98 Å². The van der Waals surface area contributed by atoms with Crippen LogP contribution in [0.3, 0.4) is 0 Å². The normalized spacial score (nSPS) is 11.3. The van der Waals surface area contributed by atoms with Crippen molar-refractivity contribution in [2.45, 2.75) is 44.1 Å². The molecule has 0 radical (unpaired) electrons. The molecule has 1 heterocycles. The van der Waals surface area contributed by atoms with Crippen LogP contribution in [-0.4, -0.2) is 23.8 Å². The zero-order chi connectivity index (χ0) is 13.6. The van der Waals surface area contributed by atoms with Crippen molar-refractivity contribution in [2.75, 3.05) is 12.9 Å². The van der Waals surface area contributed by atoms with E-state index in [4.69, 9.17) is 4.74 Å². The van der Waals surface area contributed by atoms with E-state index in [1.165, 1.54) is 0 Å². The van der Waals surface area contributed by atoms with Gasteiger partial charge >= 0.3 is 5.97 Å². The van der Waals surface area contributed by atoms with Gasteiger partial charge < -0.3 is 4.74 Å². The van der Waals surface area contributed by atoms with Crippen LogP contribution in [0.5, 0.6) is 0 Å². The van der Waals surface area contributed by atoms with E-state index in [9.17, 15) is 4.79 Å². The summed E-state index contributed by atoms with van der Waals surface area (Å²) in [5, 5.41) is 0.933. The van der Waals surface area contributed by atoms with Gasteiger partial charge in [-0.1, -0.05) is 19.9 Å². The minimum absolute atomic E-state index is 0.166. The van der Waals surface area contributed by atoms with Crippen LogP contribution in [0.4, 0.5) is 0 Å². The Morgan fingerprint density at radius 1 is 1.33 bits per heavy atom. The second-order valence-corrected chi connectivity index (χ2v) is 4.90. The fourth-order valence-corrected chi connectivity index (χ4v) is 2.47. The Hall–Kier alpha value is -1.03. The monoisotopic (exact) mass is 267 g/mol. The molecule has 1 aromatic rings. The number of hydrogen-bond donors (Lipinski definition) is 0. The molecule has 0 N–H and O–H groups in total. The lowest BCUT2D eigenvalue weighted by atomic mass is 9.79. The Bertz CT molecular complexity index is 403. The van der Waals surface area contributed by atoms with E-state index in [0.29, 0.717) is 19.4 Å². The summed E-state index contributed by atoms with van der Waals surface area (Å²) in [7, 11) is 0. The molecule has 0 unspecified atom stereocenters. The number of carbonyl (C=O) groups excluding carboxylic acids is 1. The van der Waals surface area contributed by atoms with Crippen molar-refractivity contribution < 1.29 is 9.53 Å². The fraction of sp³-hybridized carbons (Fsp3) is 0.571. The van der Waals surface area contributed by atoms with Gasteiger partial charge in [0.05, 0.1) is 17.3 Å². The van der Waals surface area contributed by atoms with Crippen LogP contribution in [0.15, 0.2) is 23.2 Å². The molecule has 0 atom stereocenters. The molecule has 0 amide bonds. The van der Waals surface area contributed by atoms with E-state index in [2.05, 4.69) is 4.98 Å². The first-order valence-electron chi connectivity index (χ1n) is 6.33. The summed E-state index contributed by atoms with van der Waals surface area (Å²) in [5.41, 5.74) is 0.208. The van der Waals surface area contributed by atoms with Crippen LogP contribution < -0.4 is 0 Å². The van der Waals surface area contributed by atoms with Gasteiger partial charge in [-0.15, -0.1) is 11.8 Å². The van der Waals surface area contributed by atoms with Gasteiger partial charge in [-0.3, -0.25) is 4.79 Å². The Morgan fingerprint density at radius 2 is 2.00 bits per heavy atom. The Labute approximate surface area is 113 Å². The van der Waals surface area contributed by atoms with E-state index in [0.717, 1.165) is 10.7 Å². The maximum absolute atomic E-state index is 12.3. The number of thioether (sulfide) groups is 1. The van der Waals surface area contributed by atoms with Crippen molar-refractivity contribution in [2.24, 2.45) is 0 Å². The molecule has 18 heavy (non-hydrogen) atoms. The SMILES string of the molecule is CCOC(=O)C(CC)(CC)c1cccc(SC)n1. The second kappa shape index (κ2) is 6.78. The number of esters is 1. The van der Waals surface area contributed by atoms with Crippen molar-refractivity contribution in [1.82, 2.24) is 4.98 Å². The molecule has 3 nitrogen and oxygen atoms in total. The molecule has 0 aliphatic rings. The molecule has 4 heteroatoms. The second-order valence-electron chi connectivity index (χ2n) is 4.07. The van der Waals surface area contributed by atoms with Crippen LogP contribution in [0.2, 0.25) is 0 Å². The summed E-state index contributed by atoms with van der Waals surface area (Å²) in [4.78, 5) is 16.8. The summed E-state index contributed by atoms with van der Waals surface area (Å²) >= 11 is 1.58.